The summed E-state index contributed by atoms with van der Waals surface area (Å²) in [5, 5.41) is 8.39. The number of halogens is 1. The molecule has 6 nitrogen and oxygen atoms in total. The van der Waals surface area contributed by atoms with Crippen molar-refractivity contribution in [2.45, 2.75) is 12.8 Å². The van der Waals surface area contributed by atoms with E-state index in [-0.39, 0.29) is 18.3 Å². The summed E-state index contributed by atoms with van der Waals surface area (Å²) in [7, 11) is 1.65. The Kier molecular flexibility index (Phi) is 6.16. The van der Waals surface area contributed by atoms with Crippen molar-refractivity contribution in [3.8, 4) is 11.3 Å². The highest BCUT2D eigenvalue weighted by atomic mass is 35.5. The average Bonchev–Trinajstić information content (AvgIpc) is 3.25. The third-order valence-corrected chi connectivity index (χ3v) is 5.77. The summed E-state index contributed by atoms with van der Waals surface area (Å²) in [5.74, 6) is 0.0381. The van der Waals surface area contributed by atoms with Crippen molar-refractivity contribution >= 4 is 40.3 Å². The molecule has 3 heterocycles. The number of benzene rings is 1. The maximum absolute atomic E-state index is 12.9. The molecule has 0 aliphatic carbocycles. The van der Waals surface area contributed by atoms with Crippen molar-refractivity contribution in [3.05, 3.63) is 42.0 Å². The number of aromatic nitrogens is 2. The number of thiazole rings is 1. The Balaban J connectivity index is 0.00000210. The third-order valence-electron chi connectivity index (χ3n) is 4.99. The molecular weight excluding hydrogens is 384 g/mol. The van der Waals surface area contributed by atoms with Crippen molar-refractivity contribution in [3.63, 3.8) is 0 Å². The van der Waals surface area contributed by atoms with Gasteiger partial charge in [0.1, 0.15) is 0 Å². The molecule has 1 fully saturated rings. The lowest BCUT2D eigenvalue weighted by atomic mass is 9.78. The molecule has 27 heavy (non-hydrogen) atoms. The zero-order chi connectivity index (χ0) is 18.0. The van der Waals surface area contributed by atoms with Crippen LogP contribution in [0.3, 0.4) is 0 Å². The molecule has 0 atom stereocenters. The van der Waals surface area contributed by atoms with Gasteiger partial charge in [-0.1, -0.05) is 12.1 Å². The number of nitrogens with zero attached hydrogens (tertiary/aromatic N) is 2. The Morgan fingerprint density at radius 2 is 2.07 bits per heavy atom. The van der Waals surface area contributed by atoms with Gasteiger partial charge in [0.15, 0.2) is 4.96 Å². The van der Waals surface area contributed by atoms with Crippen molar-refractivity contribution in [2.24, 2.45) is 5.41 Å². The summed E-state index contributed by atoms with van der Waals surface area (Å²) in [6, 6.07) is 7.85. The molecule has 0 bridgehead atoms. The average molecular weight is 407 g/mol. The number of fused-ring (bicyclic) bond motifs is 1. The SMILES string of the molecule is COCC1(C(=O)Nc2ccc(-c3cn4ccsc4n3)cc2)CCNCC1.Cl. The topological polar surface area (TPSA) is 67.7 Å². The number of methoxy groups -OCH3 is 1. The fraction of sp³-hybridized carbons (Fsp3) is 0.368. The smallest absolute Gasteiger partial charge is 0.233 e. The summed E-state index contributed by atoms with van der Waals surface area (Å²) in [5.41, 5.74) is 2.32. The van der Waals surface area contributed by atoms with Gasteiger partial charge in [0.25, 0.3) is 0 Å². The van der Waals surface area contributed by atoms with Gasteiger partial charge in [-0.05, 0) is 38.1 Å². The molecule has 0 unspecified atom stereocenters. The molecule has 1 amide bonds. The minimum atomic E-state index is -0.451. The lowest BCUT2D eigenvalue weighted by molar-refractivity contribution is -0.130. The maximum Gasteiger partial charge on any atom is 0.233 e. The van der Waals surface area contributed by atoms with Crippen molar-refractivity contribution in [1.29, 1.82) is 0 Å². The van der Waals surface area contributed by atoms with Gasteiger partial charge in [0, 0.05) is 36.1 Å². The van der Waals surface area contributed by atoms with Crippen LogP contribution >= 0.6 is 23.7 Å². The monoisotopic (exact) mass is 406 g/mol. The predicted octanol–water partition coefficient (Wildman–Crippen LogP) is 3.44. The molecule has 1 aromatic carbocycles. The van der Waals surface area contributed by atoms with E-state index in [0.717, 1.165) is 47.8 Å². The number of imidazole rings is 1. The van der Waals surface area contributed by atoms with Gasteiger partial charge in [-0.15, -0.1) is 23.7 Å². The number of hydrogen-bond donors (Lipinski definition) is 2. The molecule has 2 aromatic heterocycles. The second-order valence-electron chi connectivity index (χ2n) is 6.71. The first-order valence-electron chi connectivity index (χ1n) is 8.74. The van der Waals surface area contributed by atoms with Crippen molar-refractivity contribution in [1.82, 2.24) is 14.7 Å². The fourth-order valence-corrected chi connectivity index (χ4v) is 4.17. The van der Waals surface area contributed by atoms with Crippen LogP contribution in [0, 0.1) is 5.41 Å². The first kappa shape index (κ1) is 19.8. The summed E-state index contributed by atoms with van der Waals surface area (Å²) in [4.78, 5) is 18.5. The number of ether oxygens (including phenoxy) is 1. The Bertz CT molecular complexity index is 866. The van der Waals surface area contributed by atoms with E-state index in [2.05, 4.69) is 15.6 Å². The fourth-order valence-electron chi connectivity index (χ4n) is 3.47. The zero-order valence-electron chi connectivity index (χ0n) is 15.1. The highest BCUT2D eigenvalue weighted by molar-refractivity contribution is 7.15. The molecule has 0 spiro atoms. The van der Waals surface area contributed by atoms with Crippen LogP contribution in [-0.2, 0) is 9.53 Å². The Morgan fingerprint density at radius 1 is 1.33 bits per heavy atom. The number of nitrogens with one attached hydrogen (secondary N) is 2. The van der Waals surface area contributed by atoms with E-state index >= 15 is 0 Å². The van der Waals surface area contributed by atoms with Crippen LogP contribution in [0.4, 0.5) is 5.69 Å². The van der Waals surface area contributed by atoms with Crippen LogP contribution < -0.4 is 10.6 Å². The van der Waals surface area contributed by atoms with Crippen LogP contribution in [0.5, 0.6) is 0 Å². The van der Waals surface area contributed by atoms with Crippen LogP contribution in [-0.4, -0.2) is 42.1 Å². The first-order chi connectivity index (χ1) is 12.7. The van der Waals surface area contributed by atoms with E-state index in [1.807, 2.05) is 46.4 Å². The van der Waals surface area contributed by atoms with E-state index in [0.29, 0.717) is 6.61 Å². The molecule has 4 rings (SSSR count). The predicted molar refractivity (Wildman–Crippen MR) is 111 cm³/mol. The minimum absolute atomic E-state index is 0. The third kappa shape index (κ3) is 4.01. The summed E-state index contributed by atoms with van der Waals surface area (Å²) >= 11 is 1.61. The molecule has 0 saturated carbocycles. The molecule has 3 aromatic rings. The summed E-state index contributed by atoms with van der Waals surface area (Å²) < 4.78 is 7.36. The van der Waals surface area contributed by atoms with Crippen molar-refractivity contribution in [2.75, 3.05) is 32.1 Å². The number of rotatable bonds is 5. The number of hydrogen-bond acceptors (Lipinski definition) is 5. The van der Waals surface area contributed by atoms with Crippen LogP contribution in [0.15, 0.2) is 42.0 Å². The van der Waals surface area contributed by atoms with Gasteiger partial charge >= 0.3 is 0 Å². The maximum atomic E-state index is 12.9. The molecule has 1 aliphatic rings. The summed E-state index contributed by atoms with van der Waals surface area (Å²) in [6.07, 6.45) is 5.59. The Morgan fingerprint density at radius 3 is 2.74 bits per heavy atom. The number of carbonyl (C=O) groups excluding carboxylic acids is 1. The quantitative estimate of drug-likeness (QED) is 0.681. The molecule has 2 N–H and O–H groups in total. The standard InChI is InChI=1S/C19H22N4O2S.ClH/c1-25-13-19(6-8-20-9-7-19)17(24)21-15-4-2-14(3-5-15)16-12-23-10-11-26-18(23)22-16;/h2-5,10-12,20H,6-9,13H2,1H3,(H,21,24);1H. The summed E-state index contributed by atoms with van der Waals surface area (Å²) in [6.45, 7) is 2.13. The molecule has 0 radical (unpaired) electrons. The highest BCUT2D eigenvalue weighted by Gasteiger charge is 2.39. The zero-order valence-corrected chi connectivity index (χ0v) is 16.7. The van der Waals surface area contributed by atoms with Gasteiger partial charge < -0.3 is 15.4 Å². The molecular formula is C19H23ClN4O2S. The highest BCUT2D eigenvalue weighted by Crippen LogP contribution is 2.31. The molecule has 1 saturated heterocycles. The van der Waals surface area contributed by atoms with Gasteiger partial charge in [0.05, 0.1) is 17.7 Å². The van der Waals surface area contributed by atoms with E-state index in [4.69, 9.17) is 4.74 Å². The molecule has 8 heteroatoms. The Hall–Kier alpha value is -1.93. The number of amides is 1. The lowest BCUT2D eigenvalue weighted by Gasteiger charge is -2.35. The molecule has 144 valence electrons. The van der Waals surface area contributed by atoms with Gasteiger partial charge in [-0.2, -0.15) is 0 Å². The number of piperidine rings is 1. The lowest BCUT2D eigenvalue weighted by Crippen LogP contribution is -2.47. The normalized spacial score (nSPS) is 16.0. The van der Waals surface area contributed by atoms with E-state index in [1.165, 1.54) is 0 Å². The van der Waals surface area contributed by atoms with Gasteiger partial charge in [0.2, 0.25) is 5.91 Å². The van der Waals surface area contributed by atoms with Crippen LogP contribution in [0.25, 0.3) is 16.2 Å². The van der Waals surface area contributed by atoms with Crippen LogP contribution in [0.2, 0.25) is 0 Å². The number of anilines is 1. The van der Waals surface area contributed by atoms with E-state index < -0.39 is 5.41 Å². The largest absolute Gasteiger partial charge is 0.384 e. The van der Waals surface area contributed by atoms with E-state index in [9.17, 15) is 4.79 Å². The second kappa shape index (κ2) is 8.39. The number of carbonyl (C=O) groups is 1. The van der Waals surface area contributed by atoms with E-state index in [1.54, 1.807) is 18.4 Å². The van der Waals surface area contributed by atoms with Crippen molar-refractivity contribution < 1.29 is 9.53 Å². The van der Waals surface area contributed by atoms with Gasteiger partial charge in [-0.25, -0.2) is 4.98 Å². The molecule has 1 aliphatic heterocycles. The minimum Gasteiger partial charge on any atom is -0.384 e. The second-order valence-corrected chi connectivity index (χ2v) is 7.59. The van der Waals surface area contributed by atoms with Crippen LogP contribution in [0.1, 0.15) is 12.8 Å². The first-order valence-corrected chi connectivity index (χ1v) is 9.62. The Labute approximate surface area is 168 Å². The van der Waals surface area contributed by atoms with Gasteiger partial charge in [-0.3, -0.25) is 9.20 Å².